The second kappa shape index (κ2) is 7.13. The third-order valence-electron chi connectivity index (χ3n) is 2.43. The molecule has 0 saturated heterocycles. The molecule has 1 atom stereocenters. The van der Waals surface area contributed by atoms with Crippen molar-refractivity contribution >= 4 is 23.6 Å². The van der Waals surface area contributed by atoms with Gasteiger partial charge in [0.25, 0.3) is 0 Å². The lowest BCUT2D eigenvalue weighted by Gasteiger charge is -2.10. The van der Waals surface area contributed by atoms with E-state index < -0.39 is 0 Å². The summed E-state index contributed by atoms with van der Waals surface area (Å²) in [5.74, 6) is -0.0779. The number of carbonyl (C=O) groups is 1. The van der Waals surface area contributed by atoms with Crippen molar-refractivity contribution in [3.05, 3.63) is 40.9 Å². The van der Waals surface area contributed by atoms with Crippen LogP contribution in [0.5, 0.6) is 0 Å². The van der Waals surface area contributed by atoms with Crippen molar-refractivity contribution < 1.29 is 4.79 Å². The number of nitrogens with one attached hydrogen (secondary N) is 1. The molecule has 2 nitrogen and oxygen atoms in total. The van der Waals surface area contributed by atoms with Gasteiger partial charge in [-0.1, -0.05) is 43.1 Å². The SMILES string of the molecule is CCC[C@@H](C)NC(=O)/C=C/c1ccccc1Cl. The highest BCUT2D eigenvalue weighted by Crippen LogP contribution is 2.15. The Bertz CT molecular complexity index is 401. The lowest BCUT2D eigenvalue weighted by Crippen LogP contribution is -2.30. The summed E-state index contributed by atoms with van der Waals surface area (Å²) in [6.07, 6.45) is 5.31. The predicted molar refractivity (Wildman–Crippen MR) is 73.0 cm³/mol. The minimum atomic E-state index is -0.0779. The fourth-order valence-electron chi connectivity index (χ4n) is 1.57. The van der Waals surface area contributed by atoms with Crippen molar-refractivity contribution in [1.82, 2.24) is 5.32 Å². The van der Waals surface area contributed by atoms with Crippen LogP contribution < -0.4 is 5.32 Å². The van der Waals surface area contributed by atoms with Gasteiger partial charge in [-0.25, -0.2) is 0 Å². The number of rotatable bonds is 5. The van der Waals surface area contributed by atoms with Gasteiger partial charge in [0.15, 0.2) is 0 Å². The Morgan fingerprint density at radius 3 is 2.82 bits per heavy atom. The largest absolute Gasteiger partial charge is 0.350 e. The van der Waals surface area contributed by atoms with Gasteiger partial charge in [0.1, 0.15) is 0 Å². The molecule has 0 radical (unpaired) electrons. The number of hydrogen-bond donors (Lipinski definition) is 1. The number of halogens is 1. The molecule has 1 aromatic carbocycles. The Labute approximate surface area is 108 Å². The summed E-state index contributed by atoms with van der Waals surface area (Å²) in [7, 11) is 0. The van der Waals surface area contributed by atoms with Crippen LogP contribution in [-0.4, -0.2) is 11.9 Å². The third-order valence-corrected chi connectivity index (χ3v) is 2.77. The van der Waals surface area contributed by atoms with Crippen molar-refractivity contribution in [2.24, 2.45) is 0 Å². The van der Waals surface area contributed by atoms with Crippen LogP contribution in [0.3, 0.4) is 0 Å². The average Bonchev–Trinajstić information content (AvgIpc) is 2.28. The quantitative estimate of drug-likeness (QED) is 0.795. The predicted octanol–water partition coefficient (Wildman–Crippen LogP) is 3.66. The number of hydrogen-bond acceptors (Lipinski definition) is 1. The smallest absolute Gasteiger partial charge is 0.244 e. The molecule has 0 bridgehead atoms. The van der Waals surface area contributed by atoms with Gasteiger partial charge in [0.2, 0.25) is 5.91 Å². The van der Waals surface area contributed by atoms with Gasteiger partial charge in [0, 0.05) is 17.1 Å². The van der Waals surface area contributed by atoms with E-state index in [1.807, 2.05) is 25.1 Å². The Balaban J connectivity index is 2.54. The first-order valence-electron chi connectivity index (χ1n) is 5.86. The molecule has 92 valence electrons. The number of carbonyl (C=O) groups excluding carboxylic acids is 1. The van der Waals surface area contributed by atoms with Crippen LogP contribution in [0.1, 0.15) is 32.3 Å². The highest BCUT2D eigenvalue weighted by molar-refractivity contribution is 6.32. The molecule has 1 N–H and O–H groups in total. The van der Waals surface area contributed by atoms with Crippen LogP contribution in [-0.2, 0) is 4.79 Å². The summed E-state index contributed by atoms with van der Waals surface area (Å²) in [6.45, 7) is 4.10. The minimum absolute atomic E-state index is 0.0779. The van der Waals surface area contributed by atoms with Crippen LogP contribution in [0.2, 0.25) is 5.02 Å². The van der Waals surface area contributed by atoms with E-state index in [0.717, 1.165) is 18.4 Å². The van der Waals surface area contributed by atoms with Crippen molar-refractivity contribution in [2.45, 2.75) is 32.7 Å². The summed E-state index contributed by atoms with van der Waals surface area (Å²) < 4.78 is 0. The fraction of sp³-hybridized carbons (Fsp3) is 0.357. The lowest BCUT2D eigenvalue weighted by atomic mass is 10.2. The molecular weight excluding hydrogens is 234 g/mol. The topological polar surface area (TPSA) is 29.1 Å². The first-order chi connectivity index (χ1) is 8.13. The Morgan fingerprint density at radius 2 is 2.18 bits per heavy atom. The van der Waals surface area contributed by atoms with Crippen molar-refractivity contribution in [3.63, 3.8) is 0 Å². The Morgan fingerprint density at radius 1 is 1.47 bits per heavy atom. The maximum Gasteiger partial charge on any atom is 0.244 e. The second-order valence-corrected chi connectivity index (χ2v) is 4.46. The maximum atomic E-state index is 11.6. The molecule has 1 rings (SSSR count). The number of benzene rings is 1. The monoisotopic (exact) mass is 251 g/mol. The maximum absolute atomic E-state index is 11.6. The van der Waals surface area contributed by atoms with Gasteiger partial charge in [-0.15, -0.1) is 0 Å². The summed E-state index contributed by atoms with van der Waals surface area (Å²) in [4.78, 5) is 11.6. The minimum Gasteiger partial charge on any atom is -0.350 e. The van der Waals surface area contributed by atoms with E-state index in [9.17, 15) is 4.79 Å². The normalized spacial score (nSPS) is 12.6. The van der Waals surface area contributed by atoms with Gasteiger partial charge in [0.05, 0.1) is 0 Å². The van der Waals surface area contributed by atoms with Crippen LogP contribution >= 0.6 is 11.6 Å². The zero-order chi connectivity index (χ0) is 12.7. The molecule has 3 heteroatoms. The highest BCUT2D eigenvalue weighted by Gasteiger charge is 2.03. The van der Waals surface area contributed by atoms with Crippen molar-refractivity contribution in [1.29, 1.82) is 0 Å². The standard InChI is InChI=1S/C14H18ClNO/c1-3-6-11(2)16-14(17)10-9-12-7-4-5-8-13(12)15/h4-5,7-11H,3,6H2,1-2H3,(H,16,17)/b10-9+/t11-/m1/s1. The van der Waals surface area contributed by atoms with E-state index in [-0.39, 0.29) is 11.9 Å². The zero-order valence-corrected chi connectivity index (χ0v) is 11.0. The molecule has 0 aliphatic carbocycles. The van der Waals surface area contributed by atoms with E-state index in [1.165, 1.54) is 6.08 Å². The molecule has 0 spiro atoms. The third kappa shape index (κ3) is 5.05. The molecule has 0 unspecified atom stereocenters. The van der Waals surface area contributed by atoms with Gasteiger partial charge < -0.3 is 5.32 Å². The molecular formula is C14H18ClNO. The van der Waals surface area contributed by atoms with Crippen molar-refractivity contribution in [3.8, 4) is 0 Å². The second-order valence-electron chi connectivity index (χ2n) is 4.05. The van der Waals surface area contributed by atoms with Gasteiger partial charge in [-0.05, 0) is 31.1 Å². The zero-order valence-electron chi connectivity index (χ0n) is 10.2. The van der Waals surface area contributed by atoms with E-state index in [0.29, 0.717) is 5.02 Å². The van der Waals surface area contributed by atoms with Crippen LogP contribution in [0.4, 0.5) is 0 Å². The van der Waals surface area contributed by atoms with E-state index in [4.69, 9.17) is 11.6 Å². The van der Waals surface area contributed by atoms with Gasteiger partial charge in [-0.3, -0.25) is 4.79 Å². The summed E-state index contributed by atoms with van der Waals surface area (Å²) in [5, 5.41) is 3.55. The molecule has 1 amide bonds. The molecule has 17 heavy (non-hydrogen) atoms. The fourth-order valence-corrected chi connectivity index (χ4v) is 1.77. The first-order valence-corrected chi connectivity index (χ1v) is 6.24. The van der Waals surface area contributed by atoms with Crippen LogP contribution in [0, 0.1) is 0 Å². The Hall–Kier alpha value is -1.28. The van der Waals surface area contributed by atoms with E-state index in [2.05, 4.69) is 12.2 Å². The first kappa shape index (κ1) is 13.8. The lowest BCUT2D eigenvalue weighted by molar-refractivity contribution is -0.117. The summed E-state index contributed by atoms with van der Waals surface area (Å²) in [6, 6.07) is 7.65. The van der Waals surface area contributed by atoms with Gasteiger partial charge in [-0.2, -0.15) is 0 Å². The van der Waals surface area contributed by atoms with Crippen LogP contribution in [0.25, 0.3) is 6.08 Å². The molecule has 0 aliphatic rings. The van der Waals surface area contributed by atoms with E-state index >= 15 is 0 Å². The summed E-state index contributed by atoms with van der Waals surface area (Å²) in [5.41, 5.74) is 0.854. The molecule has 0 aliphatic heterocycles. The molecule has 0 heterocycles. The summed E-state index contributed by atoms with van der Waals surface area (Å²) >= 11 is 5.98. The van der Waals surface area contributed by atoms with Crippen molar-refractivity contribution in [2.75, 3.05) is 0 Å². The highest BCUT2D eigenvalue weighted by atomic mass is 35.5. The average molecular weight is 252 g/mol. The molecule has 0 saturated carbocycles. The van der Waals surface area contributed by atoms with Gasteiger partial charge >= 0.3 is 0 Å². The van der Waals surface area contributed by atoms with E-state index in [1.54, 1.807) is 12.1 Å². The Kier molecular flexibility index (Phi) is 5.78. The molecule has 0 fully saturated rings. The number of amides is 1. The molecule has 1 aromatic rings. The molecule has 0 aromatic heterocycles. The van der Waals surface area contributed by atoms with Crippen LogP contribution in [0.15, 0.2) is 30.3 Å².